The van der Waals surface area contributed by atoms with Gasteiger partial charge in [0.2, 0.25) is 0 Å². The fraction of sp³-hybridized carbons (Fsp3) is 0.833. The summed E-state index contributed by atoms with van der Waals surface area (Å²) in [4.78, 5) is 17.7. The van der Waals surface area contributed by atoms with E-state index >= 15 is 0 Å². The van der Waals surface area contributed by atoms with Gasteiger partial charge < -0.3 is 10.6 Å². The van der Waals surface area contributed by atoms with Gasteiger partial charge >= 0.3 is 6.03 Å². The predicted octanol–water partition coefficient (Wildman–Crippen LogP) is 2.14. The second kappa shape index (κ2) is 4.07. The summed E-state index contributed by atoms with van der Waals surface area (Å²) >= 11 is 0. The van der Waals surface area contributed by atoms with Crippen LogP contribution >= 0.6 is 0 Å². The molecule has 1 fully saturated rings. The van der Waals surface area contributed by atoms with Gasteiger partial charge in [-0.3, -0.25) is 0 Å². The number of urea groups is 1. The van der Waals surface area contributed by atoms with Gasteiger partial charge in [0.15, 0.2) is 0 Å². The maximum absolute atomic E-state index is 11.8. The lowest BCUT2D eigenvalue weighted by molar-refractivity contribution is 0.124. The standard InChI is InChI=1S/C12H21N3O/c1-3-7-15-11(16)14-10(13)12(15)6-4-5-9(2)8-12/h9H,3-8H2,1-2H3,(H2,13,14,16). The molecule has 2 aliphatic rings. The third kappa shape index (κ3) is 1.60. The summed E-state index contributed by atoms with van der Waals surface area (Å²) in [6.45, 7) is 5.10. The molecule has 2 atom stereocenters. The number of hydrogen-bond acceptors (Lipinski definition) is 2. The fourth-order valence-corrected chi connectivity index (χ4v) is 3.12. The highest BCUT2D eigenvalue weighted by atomic mass is 16.2. The van der Waals surface area contributed by atoms with E-state index in [4.69, 9.17) is 5.73 Å². The Labute approximate surface area is 96.9 Å². The van der Waals surface area contributed by atoms with Crippen LogP contribution in [0.4, 0.5) is 4.79 Å². The first-order chi connectivity index (χ1) is 7.60. The first kappa shape index (κ1) is 11.4. The smallest absolute Gasteiger partial charge is 0.346 e. The highest BCUT2D eigenvalue weighted by molar-refractivity contribution is 6.05. The Kier molecular flexibility index (Phi) is 2.91. The van der Waals surface area contributed by atoms with E-state index in [0.717, 1.165) is 32.2 Å². The van der Waals surface area contributed by atoms with Crippen molar-refractivity contribution in [2.45, 2.75) is 51.5 Å². The molecule has 90 valence electrons. The van der Waals surface area contributed by atoms with Gasteiger partial charge in [0, 0.05) is 6.54 Å². The van der Waals surface area contributed by atoms with Gasteiger partial charge in [0.25, 0.3) is 0 Å². The van der Waals surface area contributed by atoms with Gasteiger partial charge in [-0.15, -0.1) is 0 Å². The molecular weight excluding hydrogens is 202 g/mol. The van der Waals surface area contributed by atoms with Crippen LogP contribution in [-0.4, -0.2) is 28.9 Å². The Morgan fingerprint density at radius 3 is 3.00 bits per heavy atom. The van der Waals surface area contributed by atoms with Gasteiger partial charge in [0.05, 0.1) is 0 Å². The van der Waals surface area contributed by atoms with Crippen molar-refractivity contribution < 1.29 is 4.79 Å². The average Bonchev–Trinajstić information content (AvgIpc) is 2.44. The number of aliphatic imine (C=N–C) groups is 1. The molecule has 1 spiro atoms. The molecular formula is C12H21N3O. The Bertz CT molecular complexity index is 326. The molecule has 2 unspecified atom stereocenters. The van der Waals surface area contributed by atoms with E-state index in [0.29, 0.717) is 11.8 Å². The van der Waals surface area contributed by atoms with Crippen LogP contribution in [0.1, 0.15) is 46.0 Å². The maximum Gasteiger partial charge on any atom is 0.346 e. The van der Waals surface area contributed by atoms with Crippen LogP contribution in [0, 0.1) is 5.92 Å². The van der Waals surface area contributed by atoms with Gasteiger partial charge in [-0.05, 0) is 25.2 Å². The summed E-state index contributed by atoms with van der Waals surface area (Å²) in [5.74, 6) is 1.19. The second-order valence-corrected chi connectivity index (χ2v) is 5.16. The minimum absolute atomic E-state index is 0.131. The van der Waals surface area contributed by atoms with Crippen molar-refractivity contribution in [3.05, 3.63) is 0 Å². The largest absolute Gasteiger partial charge is 0.385 e. The molecule has 4 nitrogen and oxygen atoms in total. The van der Waals surface area contributed by atoms with E-state index in [1.54, 1.807) is 0 Å². The quantitative estimate of drug-likeness (QED) is 0.779. The van der Waals surface area contributed by atoms with Crippen LogP contribution in [0.25, 0.3) is 0 Å². The Hall–Kier alpha value is -1.06. The monoisotopic (exact) mass is 223 g/mol. The summed E-state index contributed by atoms with van der Waals surface area (Å²) in [7, 11) is 0. The molecule has 2 rings (SSSR count). The zero-order valence-electron chi connectivity index (χ0n) is 10.2. The minimum atomic E-state index is -0.245. The van der Waals surface area contributed by atoms with Crippen LogP contribution in [0.3, 0.4) is 0 Å². The molecule has 0 radical (unpaired) electrons. The maximum atomic E-state index is 11.8. The van der Waals surface area contributed by atoms with Crippen LogP contribution in [0.15, 0.2) is 4.99 Å². The number of nitrogens with two attached hydrogens (primary N) is 1. The van der Waals surface area contributed by atoms with Crippen LogP contribution in [-0.2, 0) is 0 Å². The lowest BCUT2D eigenvalue weighted by atomic mass is 9.75. The normalized spacial score (nSPS) is 34.6. The number of carbonyl (C=O) groups excluding carboxylic acids is 1. The van der Waals surface area contributed by atoms with E-state index < -0.39 is 0 Å². The molecule has 1 saturated carbocycles. The lowest BCUT2D eigenvalue weighted by Crippen LogP contribution is -2.56. The Balaban J connectivity index is 2.27. The molecule has 0 aromatic rings. The number of nitrogens with zero attached hydrogens (tertiary/aromatic N) is 2. The highest BCUT2D eigenvalue weighted by Gasteiger charge is 2.49. The first-order valence-corrected chi connectivity index (χ1v) is 6.26. The van der Waals surface area contributed by atoms with E-state index in [2.05, 4.69) is 18.8 Å². The summed E-state index contributed by atoms with van der Waals surface area (Å²) in [6.07, 6.45) is 5.31. The van der Waals surface area contributed by atoms with Crippen LogP contribution in [0.2, 0.25) is 0 Å². The zero-order chi connectivity index (χ0) is 11.8. The van der Waals surface area contributed by atoms with E-state index in [9.17, 15) is 4.79 Å². The van der Waals surface area contributed by atoms with Crippen molar-refractivity contribution in [3.63, 3.8) is 0 Å². The molecule has 1 heterocycles. The molecule has 0 aromatic carbocycles. The minimum Gasteiger partial charge on any atom is -0.385 e. The Morgan fingerprint density at radius 2 is 2.38 bits per heavy atom. The van der Waals surface area contributed by atoms with E-state index in [1.807, 2.05) is 4.90 Å². The predicted molar refractivity (Wildman–Crippen MR) is 64.4 cm³/mol. The summed E-state index contributed by atoms with van der Waals surface area (Å²) < 4.78 is 0. The topological polar surface area (TPSA) is 58.7 Å². The van der Waals surface area contributed by atoms with E-state index in [1.165, 1.54) is 6.42 Å². The molecule has 1 aliphatic heterocycles. The SMILES string of the molecule is CCCN1C(=O)N=C(N)C12CCCC(C)C2. The number of hydrogen-bond donors (Lipinski definition) is 1. The number of amides is 2. The van der Waals surface area contributed by atoms with Gasteiger partial charge in [-0.25, -0.2) is 4.79 Å². The van der Waals surface area contributed by atoms with Crippen molar-refractivity contribution in [1.82, 2.24) is 4.90 Å². The third-order valence-electron chi connectivity index (χ3n) is 3.86. The van der Waals surface area contributed by atoms with Crippen molar-refractivity contribution in [2.75, 3.05) is 6.54 Å². The number of carbonyl (C=O) groups is 1. The van der Waals surface area contributed by atoms with Crippen LogP contribution in [0.5, 0.6) is 0 Å². The lowest BCUT2D eigenvalue weighted by Gasteiger charge is -2.43. The van der Waals surface area contributed by atoms with Crippen molar-refractivity contribution >= 4 is 11.9 Å². The van der Waals surface area contributed by atoms with Gasteiger partial charge in [-0.1, -0.05) is 26.7 Å². The third-order valence-corrected chi connectivity index (χ3v) is 3.86. The fourth-order valence-electron chi connectivity index (χ4n) is 3.12. The van der Waals surface area contributed by atoms with Crippen molar-refractivity contribution in [3.8, 4) is 0 Å². The molecule has 0 bridgehead atoms. The molecule has 2 N–H and O–H groups in total. The number of rotatable bonds is 2. The van der Waals surface area contributed by atoms with E-state index in [-0.39, 0.29) is 11.6 Å². The van der Waals surface area contributed by atoms with Crippen LogP contribution < -0.4 is 5.73 Å². The highest BCUT2D eigenvalue weighted by Crippen LogP contribution is 2.40. The Morgan fingerprint density at radius 1 is 1.62 bits per heavy atom. The van der Waals surface area contributed by atoms with Gasteiger partial charge in [0.1, 0.15) is 11.4 Å². The molecule has 4 heteroatoms. The van der Waals surface area contributed by atoms with Crippen molar-refractivity contribution in [2.24, 2.45) is 16.6 Å². The second-order valence-electron chi connectivity index (χ2n) is 5.16. The molecule has 16 heavy (non-hydrogen) atoms. The summed E-state index contributed by atoms with van der Waals surface area (Å²) in [5, 5.41) is 0. The molecule has 0 aromatic heterocycles. The molecule has 0 saturated heterocycles. The van der Waals surface area contributed by atoms with Gasteiger partial charge in [-0.2, -0.15) is 4.99 Å². The summed E-state index contributed by atoms with van der Waals surface area (Å²) in [6, 6.07) is -0.131. The summed E-state index contributed by atoms with van der Waals surface area (Å²) in [5.41, 5.74) is 5.76. The molecule has 2 amide bonds. The first-order valence-electron chi connectivity index (χ1n) is 6.26. The number of amidine groups is 1. The average molecular weight is 223 g/mol. The van der Waals surface area contributed by atoms with Crippen molar-refractivity contribution in [1.29, 1.82) is 0 Å². The zero-order valence-corrected chi connectivity index (χ0v) is 10.2. The molecule has 1 aliphatic carbocycles.